The number of aromatic nitrogens is 1. The van der Waals surface area contributed by atoms with Gasteiger partial charge in [0, 0.05) is 43.5 Å². The van der Waals surface area contributed by atoms with Gasteiger partial charge in [-0.05, 0) is 75.1 Å². The van der Waals surface area contributed by atoms with Crippen molar-refractivity contribution < 1.29 is 14.3 Å². The van der Waals surface area contributed by atoms with Crippen LogP contribution in [-0.2, 0) is 4.79 Å². The smallest absolute Gasteiger partial charge is 0.266 e. The third-order valence-corrected chi connectivity index (χ3v) is 6.41. The van der Waals surface area contributed by atoms with Gasteiger partial charge in [0.1, 0.15) is 11.5 Å². The maximum absolute atomic E-state index is 13.6. The number of hydrogen-bond acceptors (Lipinski definition) is 6. The topological polar surface area (TPSA) is 75.7 Å². The molecule has 2 fully saturated rings. The molecule has 0 bridgehead atoms. The summed E-state index contributed by atoms with van der Waals surface area (Å²) in [7, 11) is 1.63. The highest BCUT2D eigenvalue weighted by atomic mass is 16.5. The summed E-state index contributed by atoms with van der Waals surface area (Å²) in [6, 6.07) is 9.69. The minimum Gasteiger partial charge on any atom is -0.497 e. The summed E-state index contributed by atoms with van der Waals surface area (Å²) in [5.41, 5.74) is 8.27. The summed E-state index contributed by atoms with van der Waals surface area (Å²) in [6.45, 7) is 7.37. The molecule has 0 aliphatic carbocycles. The summed E-state index contributed by atoms with van der Waals surface area (Å²) in [6.07, 6.45) is 5.73. The van der Waals surface area contributed by atoms with Crippen molar-refractivity contribution in [1.82, 2.24) is 20.7 Å². The van der Waals surface area contributed by atoms with E-state index in [9.17, 15) is 4.79 Å². The molecule has 4 rings (SSSR count). The van der Waals surface area contributed by atoms with Crippen LogP contribution >= 0.6 is 0 Å². The molecule has 31 heavy (non-hydrogen) atoms. The molecule has 2 saturated heterocycles. The van der Waals surface area contributed by atoms with E-state index in [2.05, 4.69) is 28.8 Å². The van der Waals surface area contributed by atoms with Crippen LogP contribution in [0.2, 0.25) is 0 Å². The van der Waals surface area contributed by atoms with Crippen molar-refractivity contribution in [2.45, 2.75) is 57.2 Å². The predicted molar refractivity (Wildman–Crippen MR) is 119 cm³/mol. The fraction of sp³-hybridized carbons (Fsp3) is 0.500. The molecule has 1 amide bonds. The summed E-state index contributed by atoms with van der Waals surface area (Å²) >= 11 is 0. The number of likely N-dealkylation sites (tertiary alicyclic amines) is 1. The van der Waals surface area contributed by atoms with Crippen LogP contribution in [0.4, 0.5) is 0 Å². The van der Waals surface area contributed by atoms with Crippen LogP contribution in [0.5, 0.6) is 11.5 Å². The minimum atomic E-state index is -0.967. The molecular weight excluding hydrogens is 392 g/mol. The molecule has 7 nitrogen and oxygen atoms in total. The Labute approximate surface area is 184 Å². The molecule has 0 spiro atoms. The summed E-state index contributed by atoms with van der Waals surface area (Å²) in [4.78, 5) is 19.8. The van der Waals surface area contributed by atoms with Crippen molar-refractivity contribution in [1.29, 1.82) is 0 Å². The lowest BCUT2D eigenvalue weighted by Gasteiger charge is -2.37. The van der Waals surface area contributed by atoms with E-state index in [0.717, 1.165) is 31.7 Å². The Kier molecular flexibility index (Phi) is 6.16. The van der Waals surface area contributed by atoms with Crippen molar-refractivity contribution in [2.24, 2.45) is 0 Å². The number of carbonyl (C=O) groups is 1. The van der Waals surface area contributed by atoms with Gasteiger partial charge in [-0.15, -0.1) is 0 Å². The highest BCUT2D eigenvalue weighted by Crippen LogP contribution is 2.34. The first-order valence-corrected chi connectivity index (χ1v) is 10.9. The van der Waals surface area contributed by atoms with Gasteiger partial charge >= 0.3 is 0 Å². The standard InChI is InChI=1S/C24H32N4O3/c1-16-14-25-12-11-19(16)20-15-26-27-22(20)21-6-5-13-28(21)23(29)24(2,3)31-18-9-7-17(30-4)8-10-18/h7-12,14,20-22,26-27H,5-6,13,15H2,1-4H3. The third-order valence-electron chi connectivity index (χ3n) is 6.41. The van der Waals surface area contributed by atoms with Crippen LogP contribution < -0.4 is 20.3 Å². The predicted octanol–water partition coefficient (Wildman–Crippen LogP) is 2.81. The molecule has 166 valence electrons. The number of methoxy groups -OCH3 is 1. The van der Waals surface area contributed by atoms with Crippen molar-refractivity contribution >= 4 is 5.91 Å². The average Bonchev–Trinajstić information content (AvgIpc) is 3.43. The Morgan fingerprint density at radius 1 is 1.19 bits per heavy atom. The number of nitrogens with zero attached hydrogens (tertiary/aromatic N) is 2. The zero-order valence-electron chi connectivity index (χ0n) is 18.7. The maximum atomic E-state index is 13.6. The number of amides is 1. The molecule has 0 radical (unpaired) electrons. The number of aryl methyl sites for hydroxylation is 1. The van der Waals surface area contributed by atoms with Crippen LogP contribution in [0.25, 0.3) is 0 Å². The molecular formula is C24H32N4O3. The summed E-state index contributed by atoms with van der Waals surface area (Å²) in [5, 5.41) is 0. The molecule has 3 atom stereocenters. The monoisotopic (exact) mass is 424 g/mol. The van der Waals surface area contributed by atoms with Gasteiger partial charge in [-0.25, -0.2) is 0 Å². The van der Waals surface area contributed by atoms with Crippen LogP contribution in [-0.4, -0.2) is 53.7 Å². The van der Waals surface area contributed by atoms with Gasteiger partial charge < -0.3 is 14.4 Å². The second kappa shape index (κ2) is 8.85. The van der Waals surface area contributed by atoms with Crippen molar-refractivity contribution in [3.63, 3.8) is 0 Å². The van der Waals surface area contributed by atoms with Gasteiger partial charge in [-0.1, -0.05) is 0 Å². The van der Waals surface area contributed by atoms with E-state index in [4.69, 9.17) is 9.47 Å². The first kappa shape index (κ1) is 21.6. The van der Waals surface area contributed by atoms with E-state index in [1.807, 2.05) is 55.4 Å². The second-order valence-corrected chi connectivity index (χ2v) is 8.89. The molecule has 0 saturated carbocycles. The highest BCUT2D eigenvalue weighted by Gasteiger charge is 2.45. The van der Waals surface area contributed by atoms with Gasteiger partial charge in [0.25, 0.3) is 5.91 Å². The second-order valence-electron chi connectivity index (χ2n) is 8.89. The summed E-state index contributed by atoms with van der Waals surface area (Å²) < 4.78 is 11.3. The Morgan fingerprint density at radius 3 is 2.65 bits per heavy atom. The molecule has 2 N–H and O–H groups in total. The van der Waals surface area contributed by atoms with E-state index >= 15 is 0 Å². The average molecular weight is 425 g/mol. The van der Waals surface area contributed by atoms with Crippen LogP contribution in [0, 0.1) is 6.92 Å². The van der Waals surface area contributed by atoms with Gasteiger partial charge in [-0.3, -0.25) is 20.6 Å². The molecule has 3 heterocycles. The first-order chi connectivity index (χ1) is 14.9. The van der Waals surface area contributed by atoms with E-state index in [1.54, 1.807) is 7.11 Å². The normalized spacial score (nSPS) is 23.7. The number of carbonyl (C=O) groups excluding carboxylic acids is 1. The van der Waals surface area contributed by atoms with Crippen LogP contribution in [0.1, 0.15) is 43.7 Å². The molecule has 7 heteroatoms. The van der Waals surface area contributed by atoms with E-state index in [1.165, 1.54) is 11.1 Å². The molecule has 1 aromatic carbocycles. The number of rotatable bonds is 6. The van der Waals surface area contributed by atoms with Crippen molar-refractivity contribution in [3.05, 3.63) is 53.9 Å². The maximum Gasteiger partial charge on any atom is 0.266 e. The van der Waals surface area contributed by atoms with Crippen molar-refractivity contribution in [2.75, 3.05) is 20.2 Å². The zero-order valence-corrected chi connectivity index (χ0v) is 18.7. The minimum absolute atomic E-state index is 0.0183. The van der Waals surface area contributed by atoms with Gasteiger partial charge in [0.05, 0.1) is 7.11 Å². The Balaban J connectivity index is 1.51. The zero-order chi connectivity index (χ0) is 22.0. The van der Waals surface area contributed by atoms with Crippen LogP contribution in [0.3, 0.4) is 0 Å². The molecule has 2 aromatic rings. The van der Waals surface area contributed by atoms with Gasteiger partial charge in [-0.2, -0.15) is 0 Å². The first-order valence-electron chi connectivity index (χ1n) is 10.9. The largest absolute Gasteiger partial charge is 0.497 e. The fourth-order valence-electron chi connectivity index (χ4n) is 4.83. The molecule has 3 unspecified atom stereocenters. The van der Waals surface area contributed by atoms with Gasteiger partial charge in [0.2, 0.25) is 0 Å². The quantitative estimate of drug-likeness (QED) is 0.743. The molecule has 2 aliphatic heterocycles. The lowest BCUT2D eigenvalue weighted by atomic mass is 9.86. The number of hydrogen-bond donors (Lipinski definition) is 2. The number of ether oxygens (including phenoxy) is 2. The third kappa shape index (κ3) is 4.38. The van der Waals surface area contributed by atoms with Gasteiger partial charge in [0.15, 0.2) is 5.60 Å². The molecule has 2 aliphatic rings. The fourth-order valence-corrected chi connectivity index (χ4v) is 4.83. The van der Waals surface area contributed by atoms with E-state index < -0.39 is 5.60 Å². The SMILES string of the molecule is COc1ccc(OC(C)(C)C(=O)N2CCCC2C2NNCC2c2ccncc2C)cc1. The number of hydrazine groups is 1. The Morgan fingerprint density at radius 2 is 1.94 bits per heavy atom. The lowest BCUT2D eigenvalue weighted by Crippen LogP contribution is -2.56. The number of pyridine rings is 1. The highest BCUT2D eigenvalue weighted by molar-refractivity contribution is 5.85. The number of benzene rings is 1. The van der Waals surface area contributed by atoms with E-state index in [-0.39, 0.29) is 23.9 Å². The number of nitrogens with one attached hydrogen (secondary N) is 2. The van der Waals surface area contributed by atoms with E-state index in [0.29, 0.717) is 5.75 Å². The van der Waals surface area contributed by atoms with Crippen LogP contribution in [0.15, 0.2) is 42.7 Å². The van der Waals surface area contributed by atoms with Crippen molar-refractivity contribution in [3.8, 4) is 11.5 Å². The Hall–Kier alpha value is -2.64. The summed E-state index contributed by atoms with van der Waals surface area (Å²) in [5.74, 6) is 1.71. The lowest BCUT2D eigenvalue weighted by molar-refractivity contribution is -0.146. The Bertz CT molecular complexity index is 915. The molecule has 1 aromatic heterocycles.